The quantitative estimate of drug-likeness (QED) is 0.396. The second-order valence-electron chi connectivity index (χ2n) is 9.84. The minimum absolute atomic E-state index is 0. The second-order valence-corrected chi connectivity index (χ2v) is 9.84. The van der Waals surface area contributed by atoms with Crippen LogP contribution in [0.15, 0.2) is 53.2 Å². The molecule has 1 saturated heterocycles. The zero-order valence-corrected chi connectivity index (χ0v) is 21.1. The monoisotopic (exact) mass is 482 g/mol. The number of rotatable bonds is 6. The van der Waals surface area contributed by atoms with Crippen LogP contribution in [0.1, 0.15) is 26.7 Å². The molecular formula is C27H30N8O. The number of likely N-dealkylation sites (N-methyl/N-ethyl adjacent to an activating group) is 1. The largest absolute Gasteiger partial charge is 0.415 e. The van der Waals surface area contributed by atoms with Gasteiger partial charge in [-0.2, -0.15) is 5.26 Å². The Morgan fingerprint density at radius 3 is 2.47 bits per heavy atom. The number of hydrogen-bond acceptors (Lipinski definition) is 9. The Bertz CT molecular complexity index is 1440. The highest BCUT2D eigenvalue weighted by molar-refractivity contribution is 5.65. The van der Waals surface area contributed by atoms with Gasteiger partial charge < -0.3 is 14.2 Å². The van der Waals surface area contributed by atoms with Gasteiger partial charge in [0.05, 0.1) is 34.8 Å². The molecule has 0 unspecified atom stereocenters. The van der Waals surface area contributed by atoms with Gasteiger partial charge in [-0.1, -0.05) is 0 Å². The van der Waals surface area contributed by atoms with Crippen molar-refractivity contribution in [2.24, 2.45) is 0 Å². The lowest BCUT2D eigenvalue weighted by molar-refractivity contribution is 0.247. The molecule has 3 aromatic heterocycles. The topological polar surface area (TPSA) is 108 Å². The zero-order valence-electron chi connectivity index (χ0n) is 21.1. The molecule has 9 nitrogen and oxygen atoms in total. The molecule has 4 aromatic rings. The Kier molecular flexibility index (Phi) is 5.98. The molecule has 4 heterocycles. The van der Waals surface area contributed by atoms with E-state index in [-0.39, 0.29) is 1.43 Å². The van der Waals surface area contributed by atoms with E-state index < -0.39 is 5.41 Å². The average Bonchev–Trinajstić information content (AvgIpc) is 3.34. The van der Waals surface area contributed by atoms with Gasteiger partial charge in [-0.25, -0.2) is 4.98 Å². The van der Waals surface area contributed by atoms with Gasteiger partial charge in [0.25, 0.3) is 5.89 Å². The van der Waals surface area contributed by atoms with Crippen LogP contribution in [0.2, 0.25) is 0 Å². The number of aromatic nitrogens is 5. The molecule has 0 aliphatic carbocycles. The summed E-state index contributed by atoms with van der Waals surface area (Å²) in [4.78, 5) is 18.2. The fraction of sp³-hybridized carbons (Fsp3) is 0.333. The van der Waals surface area contributed by atoms with E-state index in [4.69, 9.17) is 9.40 Å². The molecule has 0 bridgehead atoms. The highest BCUT2D eigenvalue weighted by Gasteiger charge is 2.28. The van der Waals surface area contributed by atoms with Crippen molar-refractivity contribution < 1.29 is 5.84 Å². The zero-order chi connectivity index (χ0) is 25.4. The molecule has 0 spiro atoms. The Morgan fingerprint density at radius 1 is 1.06 bits per heavy atom. The van der Waals surface area contributed by atoms with Crippen molar-refractivity contribution in [3.63, 3.8) is 0 Å². The van der Waals surface area contributed by atoms with Crippen LogP contribution in [-0.2, 0) is 5.41 Å². The van der Waals surface area contributed by atoms with Gasteiger partial charge in [0.2, 0.25) is 5.89 Å². The number of benzene rings is 1. The summed E-state index contributed by atoms with van der Waals surface area (Å²) in [6.07, 6.45) is 3.38. The lowest BCUT2D eigenvalue weighted by Crippen LogP contribution is -2.57. The summed E-state index contributed by atoms with van der Waals surface area (Å²) in [6.45, 7) is 7.58. The fourth-order valence-electron chi connectivity index (χ4n) is 4.02. The predicted octanol–water partition coefficient (Wildman–Crippen LogP) is 4.36. The Morgan fingerprint density at radius 2 is 1.78 bits per heavy atom. The Hall–Kier alpha value is -4.16. The first-order valence-corrected chi connectivity index (χ1v) is 11.8. The summed E-state index contributed by atoms with van der Waals surface area (Å²) in [5, 5.41) is 18.0. The van der Waals surface area contributed by atoms with Crippen molar-refractivity contribution >= 4 is 5.69 Å². The molecular weight excluding hydrogens is 452 g/mol. The SMILES string of the molecule is Cc1ncc(-c2ccnc(C(C)(C)C#N)c2)nc1-c1nnc(-c2ccc(N3CC(N(C)C)C3)cc2)o1.[HH]. The van der Waals surface area contributed by atoms with E-state index in [1.54, 1.807) is 12.4 Å². The molecule has 9 heteroatoms. The van der Waals surface area contributed by atoms with Gasteiger partial charge in [0.15, 0.2) is 0 Å². The van der Waals surface area contributed by atoms with E-state index in [1.807, 2.05) is 45.0 Å². The number of pyridine rings is 1. The third kappa shape index (κ3) is 4.43. The number of aryl methyl sites for hydroxylation is 1. The average molecular weight is 483 g/mol. The minimum atomic E-state index is -0.711. The van der Waals surface area contributed by atoms with Crippen molar-refractivity contribution in [1.29, 1.82) is 5.26 Å². The third-order valence-electron chi connectivity index (χ3n) is 6.63. The van der Waals surface area contributed by atoms with E-state index in [1.165, 1.54) is 5.69 Å². The number of nitrogens with zero attached hydrogens (tertiary/aromatic N) is 8. The Balaban J connectivity index is 0.00000320. The second kappa shape index (κ2) is 9.13. The highest BCUT2D eigenvalue weighted by atomic mass is 16.4. The van der Waals surface area contributed by atoms with E-state index in [9.17, 15) is 5.26 Å². The third-order valence-corrected chi connectivity index (χ3v) is 6.63. The molecule has 0 amide bonds. The van der Waals surface area contributed by atoms with Gasteiger partial charge in [0, 0.05) is 43.6 Å². The molecule has 36 heavy (non-hydrogen) atoms. The van der Waals surface area contributed by atoms with Crippen molar-refractivity contribution in [2.75, 3.05) is 32.1 Å². The standard InChI is InChI=1S/C27H28N8O.H2/c1-17-24(31-22(13-30-17)19-10-11-29-23(12-19)27(2,3)16-28)26-33-32-25(36-26)18-6-8-20(9-7-18)35-14-21(15-35)34(4)5;/h6-13,21H,14-15H2,1-5H3;1H. The number of anilines is 1. The summed E-state index contributed by atoms with van der Waals surface area (Å²) in [5.74, 6) is 0.740. The van der Waals surface area contributed by atoms with Crippen LogP contribution < -0.4 is 4.90 Å². The first-order chi connectivity index (χ1) is 17.2. The van der Waals surface area contributed by atoms with Gasteiger partial charge in [0.1, 0.15) is 5.69 Å². The molecule has 1 aliphatic heterocycles. The first-order valence-electron chi connectivity index (χ1n) is 11.8. The normalized spacial score (nSPS) is 14.1. The fourth-order valence-corrected chi connectivity index (χ4v) is 4.02. The molecule has 5 rings (SSSR count). The van der Waals surface area contributed by atoms with Crippen LogP contribution in [0.5, 0.6) is 0 Å². The number of hydrogen-bond donors (Lipinski definition) is 0. The lowest BCUT2D eigenvalue weighted by atomic mass is 9.90. The van der Waals surface area contributed by atoms with Crippen molar-refractivity contribution in [3.8, 4) is 40.4 Å². The van der Waals surface area contributed by atoms with E-state index in [0.717, 1.165) is 24.2 Å². The molecule has 0 radical (unpaired) electrons. The van der Waals surface area contributed by atoms with Gasteiger partial charge in [-0.15, -0.1) is 10.2 Å². The van der Waals surface area contributed by atoms with Gasteiger partial charge in [-0.3, -0.25) is 9.97 Å². The molecule has 1 aliphatic rings. The maximum absolute atomic E-state index is 9.47. The maximum atomic E-state index is 9.47. The van der Waals surface area contributed by atoms with Crippen LogP contribution in [0.25, 0.3) is 34.3 Å². The van der Waals surface area contributed by atoms with Crippen molar-refractivity contribution in [3.05, 3.63) is 60.2 Å². The van der Waals surface area contributed by atoms with E-state index in [2.05, 4.69) is 62.3 Å². The molecule has 1 fully saturated rings. The maximum Gasteiger partial charge on any atom is 0.268 e. The minimum Gasteiger partial charge on any atom is -0.415 e. The lowest BCUT2D eigenvalue weighted by Gasteiger charge is -2.44. The summed E-state index contributed by atoms with van der Waals surface area (Å²) in [5.41, 5.74) is 4.66. The van der Waals surface area contributed by atoms with E-state index >= 15 is 0 Å². The summed E-state index contributed by atoms with van der Waals surface area (Å²) in [7, 11) is 4.23. The van der Waals surface area contributed by atoms with Crippen molar-refractivity contribution in [1.82, 2.24) is 30.0 Å². The Labute approximate surface area is 212 Å². The van der Waals surface area contributed by atoms with Crippen LogP contribution in [0.3, 0.4) is 0 Å². The number of nitriles is 1. The van der Waals surface area contributed by atoms with Crippen LogP contribution in [0, 0.1) is 18.3 Å². The highest BCUT2D eigenvalue weighted by Crippen LogP contribution is 2.30. The summed E-state index contributed by atoms with van der Waals surface area (Å²) >= 11 is 0. The van der Waals surface area contributed by atoms with Gasteiger partial charge >= 0.3 is 0 Å². The molecule has 1 aromatic carbocycles. The van der Waals surface area contributed by atoms with Crippen LogP contribution in [0.4, 0.5) is 5.69 Å². The first kappa shape index (κ1) is 23.6. The molecule has 0 saturated carbocycles. The smallest absolute Gasteiger partial charge is 0.268 e. The van der Waals surface area contributed by atoms with Crippen LogP contribution >= 0.6 is 0 Å². The molecule has 0 atom stereocenters. The van der Waals surface area contributed by atoms with Gasteiger partial charge in [-0.05, 0) is 71.3 Å². The van der Waals surface area contributed by atoms with E-state index in [0.29, 0.717) is 40.6 Å². The van der Waals surface area contributed by atoms with Crippen LogP contribution in [-0.4, -0.2) is 63.3 Å². The molecule has 0 N–H and O–H groups in total. The summed E-state index contributed by atoms with van der Waals surface area (Å²) < 4.78 is 6.01. The van der Waals surface area contributed by atoms with Crippen molar-refractivity contribution in [2.45, 2.75) is 32.2 Å². The molecule has 184 valence electrons. The summed E-state index contributed by atoms with van der Waals surface area (Å²) in [6, 6.07) is 14.8. The predicted molar refractivity (Wildman–Crippen MR) is 139 cm³/mol.